The molecule has 0 unspecified atom stereocenters. The topological polar surface area (TPSA) is 79.0 Å². The Kier molecular flexibility index (Phi) is 7.13. The fraction of sp³-hybridized carbons (Fsp3) is 0.609. The normalized spacial score (nSPS) is 22.8. The molecule has 1 aromatic carbocycles. The number of amides is 2. The summed E-state index contributed by atoms with van der Waals surface area (Å²) in [5, 5.41) is 6.43. The summed E-state index contributed by atoms with van der Waals surface area (Å²) in [6.07, 6.45) is 3.72. The van der Waals surface area contributed by atoms with E-state index in [1.807, 2.05) is 56.1 Å². The zero-order valence-corrected chi connectivity index (χ0v) is 18.2. The third-order valence-corrected chi connectivity index (χ3v) is 5.42. The number of nitrogens with one attached hydrogen (secondary N) is 1. The molecule has 3 rings (SSSR count). The monoisotopic (exact) mass is 415 g/mol. The number of carbonyl (C=O) groups is 3. The summed E-state index contributed by atoms with van der Waals surface area (Å²) in [5.41, 5.74) is 0.478. The molecular weight excluding hydrogens is 382 g/mol. The van der Waals surface area contributed by atoms with Crippen LogP contribution in [0.15, 0.2) is 30.3 Å². The van der Waals surface area contributed by atoms with Crippen LogP contribution in [0.4, 0.5) is 0 Å². The molecule has 1 aromatic rings. The average Bonchev–Trinajstić information content (AvgIpc) is 2.85. The number of esters is 1. The fourth-order valence-corrected chi connectivity index (χ4v) is 4.06. The van der Waals surface area contributed by atoms with E-state index in [1.54, 1.807) is 5.01 Å². The van der Waals surface area contributed by atoms with Crippen LogP contribution in [-0.2, 0) is 25.5 Å². The van der Waals surface area contributed by atoms with Crippen LogP contribution in [0.1, 0.15) is 58.4 Å². The first-order valence-corrected chi connectivity index (χ1v) is 10.9. The number of hydrogen-bond donors (Lipinski definition) is 1. The van der Waals surface area contributed by atoms with Crippen molar-refractivity contribution < 1.29 is 19.1 Å². The maximum Gasteiger partial charge on any atom is 0.331 e. The number of benzene rings is 1. The molecule has 0 saturated carbocycles. The molecule has 1 N–H and O–H groups in total. The highest BCUT2D eigenvalue weighted by molar-refractivity contribution is 5.91. The highest BCUT2D eigenvalue weighted by Crippen LogP contribution is 2.26. The molecule has 0 radical (unpaired) electrons. The molecule has 2 amide bonds. The number of nitrogens with zero attached hydrogens (tertiary/aromatic N) is 2. The molecule has 2 atom stereocenters. The second-order valence-electron chi connectivity index (χ2n) is 9.08. The molecular formula is C23H33N3O4. The van der Waals surface area contributed by atoms with Gasteiger partial charge in [-0.3, -0.25) is 14.6 Å². The predicted octanol–water partition coefficient (Wildman–Crippen LogP) is 2.45. The van der Waals surface area contributed by atoms with E-state index in [0.29, 0.717) is 32.2 Å². The third-order valence-electron chi connectivity index (χ3n) is 5.42. The number of carbonyl (C=O) groups excluding carboxylic acids is 3. The lowest BCUT2D eigenvalue weighted by Crippen LogP contribution is -2.61. The molecule has 164 valence electrons. The van der Waals surface area contributed by atoms with Crippen molar-refractivity contribution in [1.29, 1.82) is 0 Å². The molecule has 2 heterocycles. The van der Waals surface area contributed by atoms with Gasteiger partial charge in [-0.2, -0.15) is 0 Å². The summed E-state index contributed by atoms with van der Waals surface area (Å²) in [6.45, 7) is 6.91. The van der Waals surface area contributed by atoms with Gasteiger partial charge in [0.05, 0.1) is 0 Å². The fourth-order valence-electron chi connectivity index (χ4n) is 4.06. The van der Waals surface area contributed by atoms with Gasteiger partial charge in [-0.25, -0.2) is 9.80 Å². The zero-order chi connectivity index (χ0) is 21.7. The molecule has 0 bridgehead atoms. The van der Waals surface area contributed by atoms with Crippen molar-refractivity contribution in [3.8, 4) is 0 Å². The molecule has 2 saturated heterocycles. The minimum atomic E-state index is -0.632. The lowest BCUT2D eigenvalue weighted by atomic mass is 10.1. The standard InChI is InChI=1S/C23H33N3O4/c1-23(2,3)30-22(29)19-12-8-16-25-15-7-11-18(21(28)26(19)25)24-20(27)14-13-17-9-5-4-6-10-17/h4-6,9-10,18-19H,7-8,11-16H2,1-3H3,(H,24,27)/t18-,19-/m0/s1. The van der Waals surface area contributed by atoms with Gasteiger partial charge in [0.1, 0.15) is 17.7 Å². The van der Waals surface area contributed by atoms with E-state index < -0.39 is 17.7 Å². The average molecular weight is 416 g/mol. The maximum absolute atomic E-state index is 13.3. The van der Waals surface area contributed by atoms with Gasteiger partial charge < -0.3 is 10.1 Å². The Morgan fingerprint density at radius 2 is 1.77 bits per heavy atom. The third kappa shape index (κ3) is 5.81. The summed E-state index contributed by atoms with van der Waals surface area (Å²) in [7, 11) is 0. The van der Waals surface area contributed by atoms with E-state index >= 15 is 0 Å². The summed E-state index contributed by atoms with van der Waals surface area (Å²) in [4.78, 5) is 38.6. The van der Waals surface area contributed by atoms with E-state index in [2.05, 4.69) is 5.32 Å². The van der Waals surface area contributed by atoms with E-state index in [9.17, 15) is 14.4 Å². The van der Waals surface area contributed by atoms with Gasteiger partial charge in [0.2, 0.25) is 5.91 Å². The minimum Gasteiger partial charge on any atom is -0.458 e. The van der Waals surface area contributed by atoms with Crippen molar-refractivity contribution in [3.63, 3.8) is 0 Å². The highest BCUT2D eigenvalue weighted by atomic mass is 16.6. The number of hydrazine groups is 1. The van der Waals surface area contributed by atoms with E-state index in [-0.39, 0.29) is 17.8 Å². The van der Waals surface area contributed by atoms with Crippen molar-refractivity contribution in [1.82, 2.24) is 15.3 Å². The molecule has 7 nitrogen and oxygen atoms in total. The first kappa shape index (κ1) is 22.3. The van der Waals surface area contributed by atoms with E-state index in [1.165, 1.54) is 0 Å². The lowest BCUT2D eigenvalue weighted by molar-refractivity contribution is -0.184. The predicted molar refractivity (Wildman–Crippen MR) is 113 cm³/mol. The van der Waals surface area contributed by atoms with Gasteiger partial charge in [0, 0.05) is 19.5 Å². The summed E-state index contributed by atoms with van der Waals surface area (Å²) < 4.78 is 5.57. The van der Waals surface area contributed by atoms with Crippen LogP contribution in [0, 0.1) is 0 Å². The van der Waals surface area contributed by atoms with Gasteiger partial charge in [0.15, 0.2) is 0 Å². The molecule has 0 spiro atoms. The van der Waals surface area contributed by atoms with Gasteiger partial charge in [0.25, 0.3) is 5.91 Å². The largest absolute Gasteiger partial charge is 0.458 e. The van der Waals surface area contributed by atoms with Gasteiger partial charge in [-0.05, 0) is 58.4 Å². The number of ether oxygens (including phenoxy) is 1. The molecule has 2 fully saturated rings. The van der Waals surface area contributed by atoms with Crippen LogP contribution in [0.25, 0.3) is 0 Å². The molecule has 0 aliphatic carbocycles. The van der Waals surface area contributed by atoms with Gasteiger partial charge >= 0.3 is 5.97 Å². The number of aryl methyl sites for hydroxylation is 1. The Morgan fingerprint density at radius 1 is 1.10 bits per heavy atom. The van der Waals surface area contributed by atoms with Gasteiger partial charge in [-0.1, -0.05) is 30.3 Å². The molecule has 2 aliphatic rings. The molecule has 7 heteroatoms. The Hall–Kier alpha value is -2.41. The molecule has 0 aromatic heterocycles. The smallest absolute Gasteiger partial charge is 0.331 e. The zero-order valence-electron chi connectivity index (χ0n) is 18.2. The Morgan fingerprint density at radius 3 is 2.43 bits per heavy atom. The lowest BCUT2D eigenvalue weighted by Gasteiger charge is -2.43. The van der Waals surface area contributed by atoms with Crippen LogP contribution in [0.2, 0.25) is 0 Å². The Labute approximate surface area is 178 Å². The first-order chi connectivity index (χ1) is 14.2. The summed E-state index contributed by atoms with van der Waals surface area (Å²) in [5.74, 6) is -0.732. The SMILES string of the molecule is CC(C)(C)OC(=O)[C@@H]1CCCN2CCC[C@H](NC(=O)CCc3ccccc3)C(=O)N12. The van der Waals surface area contributed by atoms with Crippen molar-refractivity contribution in [2.45, 2.75) is 77.0 Å². The quantitative estimate of drug-likeness (QED) is 0.748. The van der Waals surface area contributed by atoms with Crippen LogP contribution < -0.4 is 5.32 Å². The van der Waals surface area contributed by atoms with Crippen molar-refractivity contribution >= 4 is 17.8 Å². The Balaban J connectivity index is 1.66. The van der Waals surface area contributed by atoms with E-state index in [4.69, 9.17) is 4.74 Å². The van der Waals surface area contributed by atoms with Crippen LogP contribution in [0.3, 0.4) is 0 Å². The van der Waals surface area contributed by atoms with Crippen LogP contribution in [0.5, 0.6) is 0 Å². The van der Waals surface area contributed by atoms with E-state index in [0.717, 1.165) is 24.9 Å². The minimum absolute atomic E-state index is 0.142. The first-order valence-electron chi connectivity index (χ1n) is 10.9. The summed E-state index contributed by atoms with van der Waals surface area (Å²) >= 11 is 0. The molecule has 2 aliphatic heterocycles. The van der Waals surface area contributed by atoms with Crippen LogP contribution >= 0.6 is 0 Å². The molecule has 30 heavy (non-hydrogen) atoms. The maximum atomic E-state index is 13.3. The van der Waals surface area contributed by atoms with Crippen molar-refractivity contribution in [2.75, 3.05) is 13.1 Å². The van der Waals surface area contributed by atoms with Crippen molar-refractivity contribution in [2.24, 2.45) is 0 Å². The highest BCUT2D eigenvalue weighted by Gasteiger charge is 2.43. The van der Waals surface area contributed by atoms with Crippen LogP contribution in [-0.4, -0.2) is 58.6 Å². The summed E-state index contributed by atoms with van der Waals surface area (Å²) in [6, 6.07) is 8.57. The second-order valence-corrected chi connectivity index (χ2v) is 9.08. The van der Waals surface area contributed by atoms with Gasteiger partial charge in [-0.15, -0.1) is 0 Å². The van der Waals surface area contributed by atoms with Crippen molar-refractivity contribution in [3.05, 3.63) is 35.9 Å². The second kappa shape index (κ2) is 9.60. The Bertz CT molecular complexity index is 759. The number of hydrogen-bond acceptors (Lipinski definition) is 5. The number of rotatable bonds is 5. The number of fused-ring (bicyclic) bond motifs is 1.